The fraction of sp³-hybridized carbons (Fsp3) is 0.533. The zero-order chi connectivity index (χ0) is 13.7. The summed E-state index contributed by atoms with van der Waals surface area (Å²) < 4.78 is 5.40. The SMILES string of the molecule is CSc1ccc(C(C(C)C=O)N2CCOCC2)cc1. The van der Waals surface area contributed by atoms with Gasteiger partial charge in [-0.3, -0.25) is 4.90 Å². The van der Waals surface area contributed by atoms with Crippen molar-refractivity contribution in [3.05, 3.63) is 29.8 Å². The number of hydrogen-bond acceptors (Lipinski definition) is 4. The standard InChI is InChI=1S/C15H21NO2S/c1-12(11-17)15(16-7-9-18-10-8-16)13-3-5-14(19-2)6-4-13/h3-6,11-12,15H,7-10H2,1-2H3. The second-order valence-corrected chi connectivity index (χ2v) is 5.74. The molecule has 1 aromatic carbocycles. The highest BCUT2D eigenvalue weighted by Crippen LogP contribution is 2.29. The first-order chi connectivity index (χ1) is 9.26. The lowest BCUT2D eigenvalue weighted by molar-refractivity contribution is -0.113. The molecule has 1 fully saturated rings. The van der Waals surface area contributed by atoms with Gasteiger partial charge in [-0.05, 0) is 24.0 Å². The lowest BCUT2D eigenvalue weighted by atomic mass is 9.93. The zero-order valence-electron chi connectivity index (χ0n) is 11.5. The summed E-state index contributed by atoms with van der Waals surface area (Å²) in [6.07, 6.45) is 3.13. The largest absolute Gasteiger partial charge is 0.379 e. The first-order valence-corrected chi connectivity index (χ1v) is 7.89. The van der Waals surface area contributed by atoms with Crippen LogP contribution in [0.15, 0.2) is 29.2 Å². The summed E-state index contributed by atoms with van der Waals surface area (Å²) in [5, 5.41) is 0. The van der Waals surface area contributed by atoms with Crippen LogP contribution in [-0.4, -0.2) is 43.7 Å². The number of thioether (sulfide) groups is 1. The fourth-order valence-electron chi connectivity index (χ4n) is 2.58. The molecule has 0 aromatic heterocycles. The topological polar surface area (TPSA) is 29.5 Å². The van der Waals surface area contributed by atoms with Crippen molar-refractivity contribution < 1.29 is 9.53 Å². The van der Waals surface area contributed by atoms with Crippen LogP contribution in [0.4, 0.5) is 0 Å². The van der Waals surface area contributed by atoms with E-state index in [1.54, 1.807) is 11.8 Å². The molecule has 1 aromatic rings. The van der Waals surface area contributed by atoms with E-state index < -0.39 is 0 Å². The number of hydrogen-bond donors (Lipinski definition) is 0. The summed E-state index contributed by atoms with van der Waals surface area (Å²) in [6, 6.07) is 8.71. The van der Waals surface area contributed by atoms with Crippen molar-refractivity contribution in [2.24, 2.45) is 5.92 Å². The molecule has 0 amide bonds. The van der Waals surface area contributed by atoms with E-state index in [1.807, 2.05) is 6.92 Å². The lowest BCUT2D eigenvalue weighted by Gasteiger charge is -2.36. The molecular weight excluding hydrogens is 258 g/mol. The van der Waals surface area contributed by atoms with Crippen LogP contribution in [0.1, 0.15) is 18.5 Å². The highest BCUT2D eigenvalue weighted by atomic mass is 32.2. The van der Waals surface area contributed by atoms with Crippen molar-refractivity contribution in [3.63, 3.8) is 0 Å². The Hall–Kier alpha value is -0.840. The minimum absolute atomic E-state index is 0.00164. The van der Waals surface area contributed by atoms with E-state index in [2.05, 4.69) is 35.4 Å². The number of ether oxygens (including phenoxy) is 1. The number of carbonyl (C=O) groups is 1. The van der Waals surface area contributed by atoms with Crippen molar-refractivity contribution in [3.8, 4) is 0 Å². The maximum absolute atomic E-state index is 11.2. The van der Waals surface area contributed by atoms with Crippen molar-refractivity contribution in [2.75, 3.05) is 32.6 Å². The van der Waals surface area contributed by atoms with Crippen LogP contribution in [-0.2, 0) is 9.53 Å². The number of aldehydes is 1. The summed E-state index contributed by atoms with van der Waals surface area (Å²) in [5.74, 6) is -0.00164. The minimum Gasteiger partial charge on any atom is -0.379 e. The average molecular weight is 279 g/mol. The predicted molar refractivity (Wildman–Crippen MR) is 78.6 cm³/mol. The lowest BCUT2D eigenvalue weighted by Crippen LogP contribution is -2.41. The van der Waals surface area contributed by atoms with Gasteiger partial charge in [0.15, 0.2) is 0 Å². The smallest absolute Gasteiger partial charge is 0.124 e. The second-order valence-electron chi connectivity index (χ2n) is 4.86. The van der Waals surface area contributed by atoms with Gasteiger partial charge >= 0.3 is 0 Å². The second kappa shape index (κ2) is 7.08. The zero-order valence-corrected chi connectivity index (χ0v) is 12.4. The van der Waals surface area contributed by atoms with Crippen molar-refractivity contribution in [1.29, 1.82) is 0 Å². The Morgan fingerprint density at radius 2 is 1.89 bits per heavy atom. The van der Waals surface area contributed by atoms with Crippen molar-refractivity contribution in [2.45, 2.75) is 17.9 Å². The molecule has 0 aliphatic carbocycles. The van der Waals surface area contributed by atoms with Gasteiger partial charge in [0.2, 0.25) is 0 Å². The summed E-state index contributed by atoms with van der Waals surface area (Å²) in [7, 11) is 0. The van der Waals surface area contributed by atoms with E-state index in [0.717, 1.165) is 32.6 Å². The molecule has 0 spiro atoms. The normalized spacial score (nSPS) is 19.9. The van der Waals surface area contributed by atoms with Gasteiger partial charge in [-0.2, -0.15) is 0 Å². The van der Waals surface area contributed by atoms with Gasteiger partial charge in [0.1, 0.15) is 6.29 Å². The summed E-state index contributed by atoms with van der Waals surface area (Å²) in [4.78, 5) is 14.8. The monoisotopic (exact) mass is 279 g/mol. The van der Waals surface area contributed by atoms with E-state index in [4.69, 9.17) is 4.74 Å². The molecule has 19 heavy (non-hydrogen) atoms. The quantitative estimate of drug-likeness (QED) is 0.612. The van der Waals surface area contributed by atoms with Gasteiger partial charge in [0.25, 0.3) is 0 Å². The Kier molecular flexibility index (Phi) is 5.43. The number of rotatable bonds is 5. The van der Waals surface area contributed by atoms with E-state index in [9.17, 15) is 4.79 Å². The van der Waals surface area contributed by atoms with E-state index in [0.29, 0.717) is 0 Å². The van der Waals surface area contributed by atoms with Crippen LogP contribution in [0.3, 0.4) is 0 Å². The molecule has 0 N–H and O–H groups in total. The number of morpholine rings is 1. The third-order valence-electron chi connectivity index (χ3n) is 3.61. The number of benzene rings is 1. The maximum atomic E-state index is 11.2. The molecule has 0 bridgehead atoms. The Morgan fingerprint density at radius 3 is 2.42 bits per heavy atom. The van der Waals surface area contributed by atoms with Gasteiger partial charge in [0, 0.05) is 29.9 Å². The highest BCUT2D eigenvalue weighted by molar-refractivity contribution is 7.98. The molecular formula is C15H21NO2S. The molecule has 1 aliphatic rings. The summed E-state index contributed by atoms with van der Waals surface area (Å²) in [5.41, 5.74) is 1.22. The Bertz CT molecular complexity index is 401. The van der Waals surface area contributed by atoms with Gasteiger partial charge < -0.3 is 9.53 Å². The Morgan fingerprint density at radius 1 is 1.26 bits per heavy atom. The molecule has 3 nitrogen and oxygen atoms in total. The van der Waals surface area contributed by atoms with Gasteiger partial charge in [-0.15, -0.1) is 11.8 Å². The summed E-state index contributed by atoms with van der Waals surface area (Å²) >= 11 is 1.74. The average Bonchev–Trinajstić information content (AvgIpc) is 2.49. The van der Waals surface area contributed by atoms with E-state index >= 15 is 0 Å². The van der Waals surface area contributed by atoms with Gasteiger partial charge in [-0.25, -0.2) is 0 Å². The van der Waals surface area contributed by atoms with Gasteiger partial charge in [0.05, 0.1) is 13.2 Å². The molecule has 0 saturated carbocycles. The first-order valence-electron chi connectivity index (χ1n) is 6.67. The maximum Gasteiger partial charge on any atom is 0.124 e. The van der Waals surface area contributed by atoms with E-state index in [-0.39, 0.29) is 12.0 Å². The molecule has 2 atom stereocenters. The van der Waals surface area contributed by atoms with Crippen molar-refractivity contribution >= 4 is 18.0 Å². The molecule has 1 aliphatic heterocycles. The third-order valence-corrected chi connectivity index (χ3v) is 4.35. The molecule has 104 valence electrons. The van der Waals surface area contributed by atoms with Crippen LogP contribution in [0, 0.1) is 5.92 Å². The molecule has 2 rings (SSSR count). The third kappa shape index (κ3) is 3.59. The van der Waals surface area contributed by atoms with Crippen molar-refractivity contribution in [1.82, 2.24) is 4.90 Å². The van der Waals surface area contributed by atoms with Crippen LogP contribution in [0.2, 0.25) is 0 Å². The fourth-order valence-corrected chi connectivity index (χ4v) is 2.99. The minimum atomic E-state index is -0.00164. The number of carbonyl (C=O) groups excluding carboxylic acids is 1. The Labute approximate surface area is 119 Å². The van der Waals surface area contributed by atoms with E-state index in [1.165, 1.54) is 10.5 Å². The first kappa shape index (κ1) is 14.6. The molecule has 0 radical (unpaired) electrons. The highest BCUT2D eigenvalue weighted by Gasteiger charge is 2.27. The van der Waals surface area contributed by atoms with Crippen LogP contribution < -0.4 is 0 Å². The molecule has 4 heteroatoms. The number of nitrogens with zero attached hydrogens (tertiary/aromatic N) is 1. The molecule has 2 unspecified atom stereocenters. The van der Waals surface area contributed by atoms with Gasteiger partial charge in [-0.1, -0.05) is 19.1 Å². The Balaban J connectivity index is 2.22. The predicted octanol–water partition coefficient (Wildman–Crippen LogP) is 2.62. The van der Waals surface area contributed by atoms with Crippen LogP contribution in [0.5, 0.6) is 0 Å². The van der Waals surface area contributed by atoms with Crippen LogP contribution in [0.25, 0.3) is 0 Å². The molecule has 1 saturated heterocycles. The van der Waals surface area contributed by atoms with Crippen LogP contribution >= 0.6 is 11.8 Å². The summed E-state index contributed by atoms with van der Waals surface area (Å²) in [6.45, 7) is 5.30. The molecule has 1 heterocycles.